The van der Waals surface area contributed by atoms with Crippen LogP contribution in [0.5, 0.6) is 0 Å². The second-order valence-corrected chi connectivity index (χ2v) is 4.00. The van der Waals surface area contributed by atoms with Gasteiger partial charge in [0.25, 0.3) is 5.91 Å². The van der Waals surface area contributed by atoms with Crippen LogP contribution in [-0.4, -0.2) is 15.9 Å². The first-order valence-electron chi connectivity index (χ1n) is 4.57. The molecule has 2 aromatic rings. The number of rotatable bonds is 2. The fraction of sp³-hybridized carbons (Fsp3) is 0. The van der Waals surface area contributed by atoms with Gasteiger partial charge in [0.2, 0.25) is 0 Å². The van der Waals surface area contributed by atoms with Crippen LogP contribution in [0.25, 0.3) is 0 Å². The van der Waals surface area contributed by atoms with Gasteiger partial charge < -0.3 is 5.32 Å². The van der Waals surface area contributed by atoms with Crippen molar-refractivity contribution in [2.45, 2.75) is 0 Å². The molecule has 1 aromatic heterocycles. The first kappa shape index (κ1) is 10.8. The first-order chi connectivity index (χ1) is 7.75. The minimum Gasteiger partial charge on any atom is -0.322 e. The smallest absolute Gasteiger partial charge is 0.258 e. The van der Waals surface area contributed by atoms with E-state index in [0.29, 0.717) is 5.56 Å². The molecule has 0 bridgehead atoms. The van der Waals surface area contributed by atoms with Crippen LogP contribution in [0.15, 0.2) is 47.5 Å². The predicted octanol–water partition coefficient (Wildman–Crippen LogP) is 2.49. The Labute approximate surface area is 101 Å². The maximum absolute atomic E-state index is 11.7. The fourth-order valence-electron chi connectivity index (χ4n) is 1.15. The van der Waals surface area contributed by atoms with Crippen molar-refractivity contribution in [1.29, 1.82) is 0 Å². The van der Waals surface area contributed by atoms with Crippen LogP contribution in [0, 0.1) is 0 Å². The van der Waals surface area contributed by atoms with E-state index >= 15 is 0 Å². The summed E-state index contributed by atoms with van der Waals surface area (Å²) in [5.74, 6) is -0.220. The monoisotopic (exact) mass is 277 g/mol. The van der Waals surface area contributed by atoms with Gasteiger partial charge in [-0.05, 0) is 24.3 Å². The highest BCUT2D eigenvalue weighted by atomic mass is 79.9. The first-order valence-corrected chi connectivity index (χ1v) is 5.37. The molecular formula is C11H8BrN3O. The normalized spacial score (nSPS) is 9.81. The van der Waals surface area contributed by atoms with Crippen LogP contribution in [0.3, 0.4) is 0 Å². The van der Waals surface area contributed by atoms with Crippen molar-refractivity contribution < 1.29 is 4.79 Å². The molecule has 0 spiro atoms. The number of nitrogens with one attached hydrogen (secondary N) is 1. The lowest BCUT2D eigenvalue weighted by atomic mass is 10.3. The number of halogens is 1. The van der Waals surface area contributed by atoms with E-state index < -0.39 is 0 Å². The minimum absolute atomic E-state index is 0.220. The Balaban J connectivity index is 2.11. The molecule has 0 aliphatic carbocycles. The number of hydrogen-bond acceptors (Lipinski definition) is 3. The molecule has 0 fully saturated rings. The Morgan fingerprint density at radius 2 is 1.75 bits per heavy atom. The molecular weight excluding hydrogens is 270 g/mol. The molecule has 4 nitrogen and oxygen atoms in total. The predicted molar refractivity (Wildman–Crippen MR) is 64.1 cm³/mol. The van der Waals surface area contributed by atoms with Gasteiger partial charge in [-0.15, -0.1) is 0 Å². The summed E-state index contributed by atoms with van der Waals surface area (Å²) in [6, 6.07) is 7.34. The molecule has 0 aliphatic rings. The average Bonchev–Trinajstić information content (AvgIpc) is 2.33. The highest BCUT2D eigenvalue weighted by molar-refractivity contribution is 9.10. The van der Waals surface area contributed by atoms with E-state index in [0.717, 1.165) is 10.2 Å². The standard InChI is InChI=1S/C11H8BrN3O/c12-9-1-3-10(4-2-9)15-11(16)8-5-13-7-14-6-8/h1-7H,(H,15,16). The van der Waals surface area contributed by atoms with E-state index in [1.165, 1.54) is 18.7 Å². The Bertz CT molecular complexity index is 484. The average molecular weight is 278 g/mol. The zero-order chi connectivity index (χ0) is 11.4. The third-order valence-electron chi connectivity index (χ3n) is 1.92. The van der Waals surface area contributed by atoms with Gasteiger partial charge in [0, 0.05) is 22.6 Å². The molecule has 1 amide bonds. The van der Waals surface area contributed by atoms with Crippen LogP contribution in [0.1, 0.15) is 10.4 Å². The molecule has 5 heteroatoms. The molecule has 1 N–H and O–H groups in total. The molecule has 2 rings (SSSR count). The van der Waals surface area contributed by atoms with Crippen LogP contribution in [0.4, 0.5) is 5.69 Å². The summed E-state index contributed by atoms with van der Waals surface area (Å²) in [5.41, 5.74) is 1.17. The Morgan fingerprint density at radius 3 is 2.38 bits per heavy atom. The summed E-state index contributed by atoms with van der Waals surface area (Å²) in [6.45, 7) is 0. The van der Waals surface area contributed by atoms with Gasteiger partial charge in [-0.1, -0.05) is 15.9 Å². The number of carbonyl (C=O) groups excluding carboxylic acids is 1. The molecule has 80 valence electrons. The van der Waals surface area contributed by atoms with E-state index in [4.69, 9.17) is 0 Å². The summed E-state index contributed by atoms with van der Waals surface area (Å²) in [5, 5.41) is 2.75. The number of benzene rings is 1. The highest BCUT2D eigenvalue weighted by Crippen LogP contribution is 2.14. The third-order valence-corrected chi connectivity index (χ3v) is 2.45. The molecule has 1 heterocycles. The van der Waals surface area contributed by atoms with E-state index in [1.54, 1.807) is 0 Å². The van der Waals surface area contributed by atoms with Gasteiger partial charge in [0.15, 0.2) is 0 Å². The summed E-state index contributed by atoms with van der Waals surface area (Å²) in [4.78, 5) is 19.3. The number of hydrogen-bond donors (Lipinski definition) is 1. The van der Waals surface area contributed by atoms with Crippen molar-refractivity contribution in [2.75, 3.05) is 5.32 Å². The molecule has 0 aliphatic heterocycles. The number of nitrogens with zero attached hydrogens (tertiary/aromatic N) is 2. The van der Waals surface area contributed by atoms with Crippen LogP contribution < -0.4 is 5.32 Å². The Kier molecular flexibility index (Phi) is 3.26. The van der Waals surface area contributed by atoms with Crippen molar-refractivity contribution in [3.63, 3.8) is 0 Å². The summed E-state index contributed by atoms with van der Waals surface area (Å²) >= 11 is 3.32. The summed E-state index contributed by atoms with van der Waals surface area (Å²) in [6.07, 6.45) is 4.33. The largest absolute Gasteiger partial charge is 0.322 e. The second kappa shape index (κ2) is 4.85. The van der Waals surface area contributed by atoms with Crippen molar-refractivity contribution in [3.05, 3.63) is 53.0 Å². The van der Waals surface area contributed by atoms with Crippen molar-refractivity contribution in [2.24, 2.45) is 0 Å². The number of amides is 1. The van der Waals surface area contributed by atoms with Crippen molar-refractivity contribution >= 4 is 27.5 Å². The van der Waals surface area contributed by atoms with Crippen molar-refractivity contribution in [1.82, 2.24) is 9.97 Å². The molecule has 0 atom stereocenters. The molecule has 0 unspecified atom stereocenters. The van der Waals surface area contributed by atoms with E-state index in [1.807, 2.05) is 24.3 Å². The maximum atomic E-state index is 11.7. The summed E-state index contributed by atoms with van der Waals surface area (Å²) in [7, 11) is 0. The lowest BCUT2D eigenvalue weighted by Gasteiger charge is -2.04. The molecule has 1 aromatic carbocycles. The SMILES string of the molecule is O=C(Nc1ccc(Br)cc1)c1cncnc1. The quantitative estimate of drug-likeness (QED) is 0.918. The lowest BCUT2D eigenvalue weighted by molar-refractivity contribution is 0.102. The second-order valence-electron chi connectivity index (χ2n) is 3.09. The van der Waals surface area contributed by atoms with Crippen LogP contribution in [0.2, 0.25) is 0 Å². The van der Waals surface area contributed by atoms with Gasteiger partial charge in [0.05, 0.1) is 5.56 Å². The minimum atomic E-state index is -0.220. The van der Waals surface area contributed by atoms with E-state index in [9.17, 15) is 4.79 Å². The third kappa shape index (κ3) is 2.64. The zero-order valence-electron chi connectivity index (χ0n) is 8.22. The highest BCUT2D eigenvalue weighted by Gasteiger charge is 2.05. The molecule has 0 radical (unpaired) electrons. The number of anilines is 1. The summed E-state index contributed by atoms with van der Waals surface area (Å²) < 4.78 is 0.966. The number of carbonyl (C=O) groups is 1. The maximum Gasteiger partial charge on any atom is 0.258 e. The molecule has 16 heavy (non-hydrogen) atoms. The Morgan fingerprint density at radius 1 is 1.12 bits per heavy atom. The van der Waals surface area contributed by atoms with Gasteiger partial charge in [-0.3, -0.25) is 4.79 Å². The van der Waals surface area contributed by atoms with E-state index in [2.05, 4.69) is 31.2 Å². The fourth-order valence-corrected chi connectivity index (χ4v) is 1.42. The van der Waals surface area contributed by atoms with Gasteiger partial charge in [-0.2, -0.15) is 0 Å². The van der Waals surface area contributed by atoms with E-state index in [-0.39, 0.29) is 5.91 Å². The number of aromatic nitrogens is 2. The molecule has 0 saturated carbocycles. The van der Waals surface area contributed by atoms with Crippen LogP contribution >= 0.6 is 15.9 Å². The van der Waals surface area contributed by atoms with Gasteiger partial charge >= 0.3 is 0 Å². The Hall–Kier alpha value is -1.75. The topological polar surface area (TPSA) is 54.9 Å². The van der Waals surface area contributed by atoms with Gasteiger partial charge in [0.1, 0.15) is 6.33 Å². The zero-order valence-corrected chi connectivity index (χ0v) is 9.81. The van der Waals surface area contributed by atoms with Crippen LogP contribution in [-0.2, 0) is 0 Å². The lowest BCUT2D eigenvalue weighted by Crippen LogP contribution is -2.12. The van der Waals surface area contributed by atoms with Gasteiger partial charge in [-0.25, -0.2) is 9.97 Å². The molecule has 0 saturated heterocycles. The van der Waals surface area contributed by atoms with Crippen molar-refractivity contribution in [3.8, 4) is 0 Å².